The van der Waals surface area contributed by atoms with Gasteiger partial charge in [-0.15, -0.1) is 0 Å². The topological polar surface area (TPSA) is 51.2 Å². The summed E-state index contributed by atoms with van der Waals surface area (Å²) in [6.07, 6.45) is 3.23. The van der Waals surface area contributed by atoms with E-state index in [0.29, 0.717) is 19.0 Å². The highest BCUT2D eigenvalue weighted by molar-refractivity contribution is 5.95. The molecule has 0 aliphatic carbocycles. The molecule has 5 heteroatoms. The van der Waals surface area contributed by atoms with Gasteiger partial charge < -0.3 is 10.1 Å². The van der Waals surface area contributed by atoms with Gasteiger partial charge in [-0.25, -0.2) is 9.37 Å². The molecule has 1 aliphatic rings. The van der Waals surface area contributed by atoms with Crippen molar-refractivity contribution in [2.24, 2.45) is 5.92 Å². The van der Waals surface area contributed by atoms with Crippen LogP contribution in [0.3, 0.4) is 0 Å². The van der Waals surface area contributed by atoms with Crippen molar-refractivity contribution >= 4 is 22.5 Å². The fraction of sp³-hybridized carbons (Fsp3) is 0.273. The Balaban J connectivity index is 1.58. The van der Waals surface area contributed by atoms with Gasteiger partial charge >= 0.3 is 0 Å². The summed E-state index contributed by atoms with van der Waals surface area (Å²) in [7, 11) is 0. The van der Waals surface area contributed by atoms with Gasteiger partial charge in [-0.1, -0.05) is 18.2 Å². The molecule has 0 bridgehead atoms. The Bertz CT molecular complexity index is 997. The van der Waals surface area contributed by atoms with E-state index in [0.717, 1.165) is 40.3 Å². The van der Waals surface area contributed by atoms with Crippen LogP contribution in [0.25, 0.3) is 21.9 Å². The minimum absolute atomic E-state index is 0.00263. The van der Waals surface area contributed by atoms with Gasteiger partial charge in [0, 0.05) is 30.7 Å². The molecule has 0 atom stereocenters. The summed E-state index contributed by atoms with van der Waals surface area (Å²) in [5.41, 5.74) is 2.83. The highest BCUT2D eigenvalue weighted by Crippen LogP contribution is 2.28. The van der Waals surface area contributed by atoms with Crippen LogP contribution in [0.15, 0.2) is 48.7 Å². The summed E-state index contributed by atoms with van der Waals surface area (Å²) in [5.74, 6) is 0.278. The molecule has 3 aromatic rings. The van der Waals surface area contributed by atoms with Crippen LogP contribution >= 0.6 is 0 Å². The fourth-order valence-electron chi connectivity index (χ4n) is 3.47. The molecule has 138 valence electrons. The Morgan fingerprint density at radius 2 is 1.93 bits per heavy atom. The SMILES string of the molecule is Cc1ccc(F)cc1-c1ccc2cc(NC(=O)C3CCOCC3)ncc2c1. The van der Waals surface area contributed by atoms with E-state index in [1.165, 1.54) is 6.07 Å². The average Bonchev–Trinajstić information content (AvgIpc) is 2.70. The molecule has 1 N–H and O–H groups in total. The number of hydrogen-bond donors (Lipinski definition) is 1. The van der Waals surface area contributed by atoms with Crippen molar-refractivity contribution < 1.29 is 13.9 Å². The molecule has 0 unspecified atom stereocenters. The Morgan fingerprint density at radius 1 is 1.11 bits per heavy atom. The Morgan fingerprint density at radius 3 is 2.74 bits per heavy atom. The summed E-state index contributed by atoms with van der Waals surface area (Å²) < 4.78 is 18.9. The zero-order valence-electron chi connectivity index (χ0n) is 15.2. The first-order valence-corrected chi connectivity index (χ1v) is 9.15. The van der Waals surface area contributed by atoms with E-state index in [2.05, 4.69) is 10.3 Å². The number of aromatic nitrogens is 1. The number of anilines is 1. The second-order valence-corrected chi connectivity index (χ2v) is 6.97. The maximum atomic E-state index is 13.6. The Labute approximate surface area is 157 Å². The first-order valence-electron chi connectivity index (χ1n) is 9.15. The number of nitrogens with zero attached hydrogens (tertiary/aromatic N) is 1. The van der Waals surface area contributed by atoms with Crippen molar-refractivity contribution in [3.8, 4) is 11.1 Å². The van der Waals surface area contributed by atoms with Gasteiger partial charge in [0.25, 0.3) is 0 Å². The van der Waals surface area contributed by atoms with E-state index in [1.807, 2.05) is 31.2 Å². The number of carbonyl (C=O) groups is 1. The van der Waals surface area contributed by atoms with Crippen molar-refractivity contribution in [1.29, 1.82) is 0 Å². The van der Waals surface area contributed by atoms with Gasteiger partial charge in [-0.05, 0) is 66.1 Å². The third-order valence-corrected chi connectivity index (χ3v) is 5.08. The predicted octanol–water partition coefficient (Wildman–Crippen LogP) is 4.71. The van der Waals surface area contributed by atoms with Crippen LogP contribution in [-0.2, 0) is 9.53 Å². The molecule has 1 aromatic heterocycles. The number of ether oxygens (including phenoxy) is 1. The Kier molecular flexibility index (Phi) is 4.86. The standard InChI is InChI=1S/C22H21FN2O2/c1-14-2-5-19(23)12-20(14)17-4-3-16-11-21(24-13-18(16)10-17)25-22(26)15-6-8-27-9-7-15/h2-5,10-13,15H,6-9H2,1H3,(H,24,25,26). The zero-order valence-corrected chi connectivity index (χ0v) is 15.2. The molecule has 27 heavy (non-hydrogen) atoms. The largest absolute Gasteiger partial charge is 0.381 e. The number of fused-ring (bicyclic) bond motifs is 1. The third-order valence-electron chi connectivity index (χ3n) is 5.08. The van der Waals surface area contributed by atoms with Crippen LogP contribution in [0.1, 0.15) is 18.4 Å². The number of amides is 1. The van der Waals surface area contributed by atoms with Gasteiger partial charge in [-0.2, -0.15) is 0 Å². The van der Waals surface area contributed by atoms with E-state index in [4.69, 9.17) is 4.74 Å². The van der Waals surface area contributed by atoms with Crippen molar-refractivity contribution in [2.45, 2.75) is 19.8 Å². The first-order chi connectivity index (χ1) is 13.1. The molecule has 1 aliphatic heterocycles. The van der Waals surface area contributed by atoms with Crippen molar-refractivity contribution in [3.63, 3.8) is 0 Å². The first kappa shape index (κ1) is 17.6. The molecule has 1 fully saturated rings. The lowest BCUT2D eigenvalue weighted by atomic mass is 9.98. The lowest BCUT2D eigenvalue weighted by Crippen LogP contribution is -2.28. The number of pyridine rings is 1. The number of benzene rings is 2. The van der Waals surface area contributed by atoms with Crippen LogP contribution < -0.4 is 5.32 Å². The normalized spacial score (nSPS) is 15.0. The van der Waals surface area contributed by atoms with Crippen LogP contribution in [0.4, 0.5) is 10.2 Å². The maximum absolute atomic E-state index is 13.6. The molecule has 0 spiro atoms. The highest BCUT2D eigenvalue weighted by atomic mass is 19.1. The molecule has 2 heterocycles. The number of nitrogens with one attached hydrogen (secondary N) is 1. The summed E-state index contributed by atoms with van der Waals surface area (Å²) >= 11 is 0. The zero-order chi connectivity index (χ0) is 18.8. The molecule has 4 rings (SSSR count). The number of halogens is 1. The van der Waals surface area contributed by atoms with E-state index in [9.17, 15) is 9.18 Å². The molecule has 1 amide bonds. The number of aryl methyl sites for hydroxylation is 1. The van der Waals surface area contributed by atoms with E-state index in [-0.39, 0.29) is 17.6 Å². The quantitative estimate of drug-likeness (QED) is 0.732. The summed E-state index contributed by atoms with van der Waals surface area (Å²) in [6.45, 7) is 3.23. The molecular formula is C22H21FN2O2. The highest BCUT2D eigenvalue weighted by Gasteiger charge is 2.21. The lowest BCUT2D eigenvalue weighted by molar-refractivity contribution is -0.122. The van der Waals surface area contributed by atoms with Crippen molar-refractivity contribution in [3.05, 3.63) is 60.0 Å². The summed E-state index contributed by atoms with van der Waals surface area (Å²) in [4.78, 5) is 16.7. The molecular weight excluding hydrogens is 343 g/mol. The van der Waals surface area contributed by atoms with Gasteiger partial charge in [0.2, 0.25) is 5.91 Å². The predicted molar refractivity (Wildman–Crippen MR) is 104 cm³/mol. The van der Waals surface area contributed by atoms with Crippen LogP contribution in [0.2, 0.25) is 0 Å². The van der Waals surface area contributed by atoms with E-state index >= 15 is 0 Å². The smallest absolute Gasteiger partial charge is 0.228 e. The third kappa shape index (κ3) is 3.83. The van der Waals surface area contributed by atoms with Crippen LogP contribution in [0, 0.1) is 18.7 Å². The lowest BCUT2D eigenvalue weighted by Gasteiger charge is -2.21. The molecule has 0 saturated carbocycles. The fourth-order valence-corrected chi connectivity index (χ4v) is 3.47. The van der Waals surface area contributed by atoms with Gasteiger partial charge in [0.1, 0.15) is 11.6 Å². The minimum Gasteiger partial charge on any atom is -0.381 e. The van der Waals surface area contributed by atoms with Crippen LogP contribution in [-0.4, -0.2) is 24.1 Å². The van der Waals surface area contributed by atoms with Crippen LogP contribution in [0.5, 0.6) is 0 Å². The van der Waals surface area contributed by atoms with E-state index < -0.39 is 0 Å². The van der Waals surface area contributed by atoms with E-state index in [1.54, 1.807) is 18.3 Å². The number of carbonyl (C=O) groups excluding carboxylic acids is 1. The molecule has 2 aromatic carbocycles. The average molecular weight is 364 g/mol. The van der Waals surface area contributed by atoms with Gasteiger partial charge in [-0.3, -0.25) is 4.79 Å². The molecule has 1 saturated heterocycles. The van der Waals surface area contributed by atoms with Gasteiger partial charge in [0.15, 0.2) is 0 Å². The summed E-state index contributed by atoms with van der Waals surface area (Å²) in [6, 6.07) is 12.6. The van der Waals surface area contributed by atoms with Crippen molar-refractivity contribution in [1.82, 2.24) is 4.98 Å². The van der Waals surface area contributed by atoms with Gasteiger partial charge in [0.05, 0.1) is 0 Å². The number of hydrogen-bond acceptors (Lipinski definition) is 3. The molecule has 0 radical (unpaired) electrons. The molecule has 4 nitrogen and oxygen atoms in total. The minimum atomic E-state index is -0.250. The second-order valence-electron chi connectivity index (χ2n) is 6.97. The monoisotopic (exact) mass is 364 g/mol. The van der Waals surface area contributed by atoms with Crippen molar-refractivity contribution in [2.75, 3.05) is 18.5 Å². The Hall–Kier alpha value is -2.79. The summed E-state index contributed by atoms with van der Waals surface area (Å²) in [5, 5.41) is 4.83. The second kappa shape index (κ2) is 7.45. The maximum Gasteiger partial charge on any atom is 0.228 e. The number of rotatable bonds is 3.